The first-order valence-corrected chi connectivity index (χ1v) is 6.08. The Bertz CT molecular complexity index is 605. The van der Waals surface area contributed by atoms with Crippen LogP contribution in [0.3, 0.4) is 0 Å². The van der Waals surface area contributed by atoms with E-state index in [0.717, 1.165) is 6.07 Å². The van der Waals surface area contributed by atoms with Crippen molar-refractivity contribution in [1.29, 1.82) is 0 Å². The summed E-state index contributed by atoms with van der Waals surface area (Å²) in [5, 5.41) is -0.0385. The molecule has 5 heteroatoms. The molecule has 0 atom stereocenters. The van der Waals surface area contributed by atoms with Crippen LogP contribution in [0.1, 0.15) is 10.4 Å². The molecule has 2 aromatic rings. The minimum absolute atomic E-state index is 0.0843. The van der Waals surface area contributed by atoms with Gasteiger partial charge in [-0.25, -0.2) is 4.39 Å². The van der Waals surface area contributed by atoms with Crippen molar-refractivity contribution in [2.24, 2.45) is 0 Å². The van der Waals surface area contributed by atoms with E-state index in [-0.39, 0.29) is 11.1 Å². The van der Waals surface area contributed by atoms with Gasteiger partial charge in [0.15, 0.2) is 0 Å². The van der Waals surface area contributed by atoms with Gasteiger partial charge in [0.1, 0.15) is 5.82 Å². The van der Waals surface area contributed by atoms with E-state index in [9.17, 15) is 9.18 Å². The van der Waals surface area contributed by atoms with Crippen LogP contribution in [-0.4, -0.2) is 5.24 Å². The number of hydrogen-bond acceptors (Lipinski definition) is 1. The lowest BCUT2D eigenvalue weighted by Crippen LogP contribution is -1.93. The zero-order chi connectivity index (χ0) is 13.3. The van der Waals surface area contributed by atoms with Crippen LogP contribution < -0.4 is 0 Å². The normalized spacial score (nSPS) is 10.4. The summed E-state index contributed by atoms with van der Waals surface area (Å²) in [4.78, 5) is 10.9. The number of carbonyl (C=O) groups excluding carboxylic acids is 1. The quantitative estimate of drug-likeness (QED) is 0.699. The fourth-order valence-electron chi connectivity index (χ4n) is 1.60. The zero-order valence-corrected chi connectivity index (χ0v) is 11.2. The molecular weight excluding hydrogens is 297 g/mol. The maximum Gasteiger partial charge on any atom is 0.252 e. The smallest absolute Gasteiger partial charge is 0.252 e. The summed E-state index contributed by atoms with van der Waals surface area (Å²) < 4.78 is 13.9. The van der Waals surface area contributed by atoms with Gasteiger partial charge < -0.3 is 0 Å². The summed E-state index contributed by atoms with van der Waals surface area (Å²) in [6.07, 6.45) is 0. The highest BCUT2D eigenvalue weighted by atomic mass is 35.5. The molecule has 2 rings (SSSR count). The third-order valence-corrected chi connectivity index (χ3v) is 3.28. The largest absolute Gasteiger partial charge is 0.276 e. The highest BCUT2D eigenvalue weighted by molar-refractivity contribution is 6.67. The molecule has 0 amide bonds. The topological polar surface area (TPSA) is 17.1 Å². The van der Waals surface area contributed by atoms with Gasteiger partial charge in [-0.05, 0) is 35.9 Å². The Morgan fingerprint density at radius 3 is 2.17 bits per heavy atom. The van der Waals surface area contributed by atoms with Crippen LogP contribution in [-0.2, 0) is 0 Å². The van der Waals surface area contributed by atoms with Gasteiger partial charge in [0.25, 0.3) is 5.24 Å². The molecule has 0 fully saturated rings. The lowest BCUT2D eigenvalue weighted by atomic mass is 10.0. The fraction of sp³-hybridized carbons (Fsp3) is 0. The molecule has 0 unspecified atom stereocenters. The number of carbonyl (C=O) groups is 1. The number of hydrogen-bond donors (Lipinski definition) is 0. The highest BCUT2D eigenvalue weighted by Crippen LogP contribution is 2.36. The van der Waals surface area contributed by atoms with Gasteiger partial charge in [-0.1, -0.05) is 35.3 Å². The van der Waals surface area contributed by atoms with Crippen molar-refractivity contribution in [2.45, 2.75) is 0 Å². The molecule has 0 radical (unpaired) electrons. The lowest BCUT2D eigenvalue weighted by Gasteiger charge is -2.08. The number of benzene rings is 2. The third-order valence-electron chi connectivity index (χ3n) is 2.43. The van der Waals surface area contributed by atoms with Crippen molar-refractivity contribution < 1.29 is 9.18 Å². The molecule has 0 bridgehead atoms. The van der Waals surface area contributed by atoms with E-state index >= 15 is 0 Å². The van der Waals surface area contributed by atoms with Crippen LogP contribution in [0.15, 0.2) is 36.4 Å². The number of halogens is 4. The standard InChI is InChI=1S/C13H6Cl3FO/c14-9-2-1-3-10(15)12(9)8-5-4-7(13(16)18)6-11(8)17/h1-6H. The molecule has 0 aliphatic heterocycles. The van der Waals surface area contributed by atoms with Crippen LogP contribution in [0.5, 0.6) is 0 Å². The van der Waals surface area contributed by atoms with Crippen molar-refractivity contribution in [3.8, 4) is 11.1 Å². The molecule has 0 aromatic heterocycles. The first kappa shape index (κ1) is 13.3. The Labute approximate surface area is 118 Å². The predicted molar refractivity (Wildman–Crippen MR) is 72.0 cm³/mol. The van der Waals surface area contributed by atoms with Crippen molar-refractivity contribution in [2.75, 3.05) is 0 Å². The molecule has 2 aromatic carbocycles. The first-order chi connectivity index (χ1) is 8.50. The maximum absolute atomic E-state index is 13.9. The summed E-state index contributed by atoms with van der Waals surface area (Å²) in [6, 6.07) is 8.81. The summed E-state index contributed by atoms with van der Waals surface area (Å²) in [7, 11) is 0. The minimum atomic E-state index is -0.717. The van der Waals surface area contributed by atoms with Gasteiger partial charge >= 0.3 is 0 Å². The molecule has 0 saturated carbocycles. The average molecular weight is 304 g/mol. The molecule has 92 valence electrons. The summed E-state index contributed by atoms with van der Waals surface area (Å²) in [5.74, 6) is -0.600. The van der Waals surface area contributed by atoms with Crippen molar-refractivity contribution in [1.82, 2.24) is 0 Å². The van der Waals surface area contributed by atoms with Gasteiger partial charge in [0.2, 0.25) is 0 Å². The van der Waals surface area contributed by atoms with Crippen molar-refractivity contribution in [3.63, 3.8) is 0 Å². The molecule has 0 saturated heterocycles. The van der Waals surface area contributed by atoms with Gasteiger partial charge in [0, 0.05) is 26.7 Å². The Hall–Kier alpha value is -1.09. The third kappa shape index (κ3) is 2.51. The predicted octanol–water partition coefficient (Wildman–Crippen LogP) is 5.18. The lowest BCUT2D eigenvalue weighted by molar-refractivity contribution is 0.108. The molecule has 0 spiro atoms. The molecule has 0 N–H and O–H groups in total. The molecule has 1 nitrogen and oxygen atoms in total. The van der Waals surface area contributed by atoms with Gasteiger partial charge in [-0.3, -0.25) is 4.79 Å². The highest BCUT2D eigenvalue weighted by Gasteiger charge is 2.14. The SMILES string of the molecule is O=C(Cl)c1ccc(-c2c(Cl)cccc2Cl)c(F)c1. The monoisotopic (exact) mass is 302 g/mol. The molecule has 18 heavy (non-hydrogen) atoms. The van der Waals surface area contributed by atoms with E-state index in [1.54, 1.807) is 18.2 Å². The second kappa shape index (κ2) is 5.27. The van der Waals surface area contributed by atoms with Crippen LogP contribution in [0.4, 0.5) is 4.39 Å². The van der Waals surface area contributed by atoms with Gasteiger partial charge in [-0.15, -0.1) is 0 Å². The van der Waals surface area contributed by atoms with E-state index in [2.05, 4.69) is 0 Å². The van der Waals surface area contributed by atoms with Crippen molar-refractivity contribution in [3.05, 3.63) is 57.8 Å². The Balaban J connectivity index is 2.62. The second-order valence-electron chi connectivity index (χ2n) is 3.56. The Morgan fingerprint density at radius 2 is 1.67 bits per heavy atom. The average Bonchev–Trinajstić information content (AvgIpc) is 2.30. The van der Waals surface area contributed by atoms with Gasteiger partial charge in [0.05, 0.1) is 0 Å². The fourth-order valence-corrected chi connectivity index (χ4v) is 2.31. The Kier molecular flexibility index (Phi) is 3.91. The van der Waals surface area contributed by atoms with E-state index in [1.165, 1.54) is 12.1 Å². The van der Waals surface area contributed by atoms with Crippen LogP contribution >= 0.6 is 34.8 Å². The summed E-state index contributed by atoms with van der Waals surface area (Å²) >= 11 is 17.3. The minimum Gasteiger partial charge on any atom is -0.276 e. The van der Waals surface area contributed by atoms with Crippen LogP contribution in [0.25, 0.3) is 11.1 Å². The molecule has 0 aliphatic carbocycles. The maximum atomic E-state index is 13.9. The first-order valence-electron chi connectivity index (χ1n) is 4.94. The Morgan fingerprint density at radius 1 is 1.06 bits per heavy atom. The molecule has 0 heterocycles. The summed E-state index contributed by atoms with van der Waals surface area (Å²) in [5.41, 5.74) is 0.709. The zero-order valence-electron chi connectivity index (χ0n) is 8.88. The number of rotatable bonds is 2. The second-order valence-corrected chi connectivity index (χ2v) is 4.72. The molecule has 0 aliphatic rings. The van der Waals surface area contributed by atoms with Crippen molar-refractivity contribution >= 4 is 40.0 Å². The van der Waals surface area contributed by atoms with E-state index in [0.29, 0.717) is 15.6 Å². The van der Waals surface area contributed by atoms with Crippen LogP contribution in [0.2, 0.25) is 10.0 Å². The van der Waals surface area contributed by atoms with Gasteiger partial charge in [-0.2, -0.15) is 0 Å². The van der Waals surface area contributed by atoms with E-state index in [1.807, 2.05) is 0 Å². The molecular formula is C13H6Cl3FO. The van der Waals surface area contributed by atoms with E-state index < -0.39 is 11.1 Å². The summed E-state index contributed by atoms with van der Waals surface area (Å²) in [6.45, 7) is 0. The van der Waals surface area contributed by atoms with Crippen LogP contribution in [0, 0.1) is 5.82 Å². The van der Waals surface area contributed by atoms with E-state index in [4.69, 9.17) is 34.8 Å².